The van der Waals surface area contributed by atoms with Gasteiger partial charge < -0.3 is 5.32 Å². The average molecular weight is 175 g/mol. The number of hydrogen-bond acceptors (Lipinski definition) is 3. The summed E-state index contributed by atoms with van der Waals surface area (Å²) in [5.74, 6) is -0.0406. The van der Waals surface area contributed by atoms with Gasteiger partial charge in [-0.25, -0.2) is 9.97 Å². The first-order chi connectivity index (χ1) is 6.29. The molecule has 4 nitrogen and oxygen atoms in total. The Morgan fingerprint density at radius 2 is 2.31 bits per heavy atom. The molecule has 0 radical (unpaired) electrons. The van der Waals surface area contributed by atoms with Crippen molar-refractivity contribution in [1.82, 2.24) is 15.3 Å². The highest BCUT2D eigenvalue weighted by Gasteiger charge is 2.47. The summed E-state index contributed by atoms with van der Waals surface area (Å²) in [4.78, 5) is 19.4. The van der Waals surface area contributed by atoms with Crippen LogP contribution in [0.15, 0.2) is 12.5 Å². The fraction of sp³-hybridized carbons (Fsp3) is 0.444. The predicted octanol–water partition coefficient (Wildman–Crippen LogP) is 0.295. The van der Waals surface area contributed by atoms with Crippen LogP contribution in [0.25, 0.3) is 0 Å². The highest BCUT2D eigenvalue weighted by atomic mass is 16.2. The van der Waals surface area contributed by atoms with Gasteiger partial charge in [0.25, 0.3) is 5.91 Å². The molecule has 66 valence electrons. The van der Waals surface area contributed by atoms with E-state index >= 15 is 0 Å². The van der Waals surface area contributed by atoms with Crippen LogP contribution in [0.2, 0.25) is 0 Å². The number of nitrogens with one attached hydrogen (secondary N) is 1. The molecule has 1 aromatic rings. The lowest BCUT2D eigenvalue weighted by Crippen LogP contribution is -2.43. The predicted molar refractivity (Wildman–Crippen MR) is 45.2 cm³/mol. The summed E-state index contributed by atoms with van der Waals surface area (Å²) in [5.41, 5.74) is 1.60. The first-order valence-corrected chi connectivity index (χ1v) is 4.41. The van der Waals surface area contributed by atoms with Crippen LogP contribution in [-0.4, -0.2) is 21.4 Å². The normalized spacial score (nSPS) is 22.3. The Morgan fingerprint density at radius 1 is 1.46 bits per heavy atom. The Labute approximate surface area is 75.4 Å². The summed E-state index contributed by atoms with van der Waals surface area (Å²) < 4.78 is 0. The van der Waals surface area contributed by atoms with E-state index in [1.54, 1.807) is 6.20 Å². The fourth-order valence-corrected chi connectivity index (χ4v) is 1.85. The minimum absolute atomic E-state index is 0.0406. The van der Waals surface area contributed by atoms with Crippen LogP contribution in [-0.2, 0) is 6.42 Å². The maximum absolute atomic E-state index is 11.5. The summed E-state index contributed by atoms with van der Waals surface area (Å²) in [6, 6.07) is 0. The van der Waals surface area contributed by atoms with E-state index in [9.17, 15) is 4.79 Å². The molecule has 1 aromatic heterocycles. The number of fused-ring (bicyclic) bond motifs is 1. The van der Waals surface area contributed by atoms with E-state index in [-0.39, 0.29) is 11.4 Å². The van der Waals surface area contributed by atoms with Gasteiger partial charge >= 0.3 is 0 Å². The summed E-state index contributed by atoms with van der Waals surface area (Å²) in [6.45, 7) is 0. The van der Waals surface area contributed by atoms with E-state index in [0.29, 0.717) is 5.69 Å². The Hall–Kier alpha value is -1.45. The van der Waals surface area contributed by atoms with Gasteiger partial charge in [-0.05, 0) is 19.3 Å². The highest BCUT2D eigenvalue weighted by molar-refractivity contribution is 5.95. The third kappa shape index (κ3) is 0.946. The molecule has 1 spiro atoms. The van der Waals surface area contributed by atoms with E-state index in [4.69, 9.17) is 0 Å². The minimum Gasteiger partial charge on any atom is -0.345 e. The summed E-state index contributed by atoms with van der Waals surface area (Å²) in [7, 11) is 0. The van der Waals surface area contributed by atoms with E-state index in [0.717, 1.165) is 24.8 Å². The molecular formula is C9H9N3O. The number of nitrogens with zero attached hydrogens (tertiary/aromatic N) is 2. The topological polar surface area (TPSA) is 54.9 Å². The van der Waals surface area contributed by atoms with Crippen molar-refractivity contribution in [3.05, 3.63) is 23.8 Å². The van der Waals surface area contributed by atoms with Gasteiger partial charge in [0, 0.05) is 17.3 Å². The number of amides is 1. The third-order valence-electron chi connectivity index (χ3n) is 2.76. The molecule has 3 rings (SSSR count). The van der Waals surface area contributed by atoms with Gasteiger partial charge in [0.1, 0.15) is 12.0 Å². The van der Waals surface area contributed by atoms with Crippen LogP contribution in [0.1, 0.15) is 28.9 Å². The quantitative estimate of drug-likeness (QED) is 0.616. The van der Waals surface area contributed by atoms with Crippen molar-refractivity contribution in [2.75, 3.05) is 0 Å². The van der Waals surface area contributed by atoms with Crippen molar-refractivity contribution in [1.29, 1.82) is 0 Å². The molecule has 2 heterocycles. The Morgan fingerprint density at radius 3 is 3.08 bits per heavy atom. The van der Waals surface area contributed by atoms with Crippen molar-refractivity contribution in [2.24, 2.45) is 0 Å². The first-order valence-electron chi connectivity index (χ1n) is 4.41. The monoisotopic (exact) mass is 175 g/mol. The van der Waals surface area contributed by atoms with Crippen LogP contribution < -0.4 is 5.32 Å². The smallest absolute Gasteiger partial charge is 0.270 e. The van der Waals surface area contributed by atoms with Gasteiger partial charge in [-0.2, -0.15) is 0 Å². The van der Waals surface area contributed by atoms with Crippen LogP contribution in [0, 0.1) is 0 Å². The second-order valence-electron chi connectivity index (χ2n) is 3.81. The maximum Gasteiger partial charge on any atom is 0.270 e. The Bertz CT molecular complexity index is 384. The molecule has 0 unspecified atom stereocenters. The van der Waals surface area contributed by atoms with Gasteiger partial charge in [-0.15, -0.1) is 0 Å². The van der Waals surface area contributed by atoms with Crippen LogP contribution in [0.5, 0.6) is 0 Å². The summed E-state index contributed by atoms with van der Waals surface area (Å²) in [5, 5.41) is 2.99. The lowest BCUT2D eigenvalue weighted by Gasteiger charge is -2.23. The highest BCUT2D eigenvalue weighted by Crippen LogP contribution is 2.41. The molecule has 0 saturated heterocycles. The zero-order valence-corrected chi connectivity index (χ0v) is 7.08. The molecule has 1 amide bonds. The molecule has 4 heteroatoms. The SMILES string of the molecule is O=C1NC2(CC2)Cc2cncnc21. The zero-order chi connectivity index (χ0) is 8.89. The number of hydrogen-bond donors (Lipinski definition) is 1. The molecule has 1 saturated carbocycles. The van der Waals surface area contributed by atoms with Gasteiger partial charge in [0.05, 0.1) is 0 Å². The number of rotatable bonds is 0. The van der Waals surface area contributed by atoms with Crippen molar-refractivity contribution in [3.8, 4) is 0 Å². The minimum atomic E-state index is -0.0406. The standard InChI is InChI=1S/C9H9N3O/c13-8-7-6(4-10-5-11-7)3-9(12-8)1-2-9/h4-5H,1-3H2,(H,12,13). The van der Waals surface area contributed by atoms with E-state index < -0.39 is 0 Å². The molecule has 0 atom stereocenters. The van der Waals surface area contributed by atoms with Crippen molar-refractivity contribution < 1.29 is 4.79 Å². The van der Waals surface area contributed by atoms with Crippen molar-refractivity contribution in [2.45, 2.75) is 24.8 Å². The molecule has 0 bridgehead atoms. The summed E-state index contributed by atoms with van der Waals surface area (Å²) in [6.07, 6.45) is 6.25. The van der Waals surface area contributed by atoms with Crippen molar-refractivity contribution >= 4 is 5.91 Å². The zero-order valence-electron chi connectivity index (χ0n) is 7.08. The molecule has 13 heavy (non-hydrogen) atoms. The molecule has 1 aliphatic heterocycles. The van der Waals surface area contributed by atoms with Crippen LogP contribution >= 0.6 is 0 Å². The Kier molecular flexibility index (Phi) is 1.12. The van der Waals surface area contributed by atoms with E-state index in [2.05, 4.69) is 15.3 Å². The van der Waals surface area contributed by atoms with Crippen molar-refractivity contribution in [3.63, 3.8) is 0 Å². The molecule has 0 aromatic carbocycles. The molecular weight excluding hydrogens is 166 g/mol. The lowest BCUT2D eigenvalue weighted by atomic mass is 9.99. The third-order valence-corrected chi connectivity index (χ3v) is 2.76. The molecule has 1 N–H and O–H groups in total. The van der Waals surface area contributed by atoms with Gasteiger partial charge in [-0.1, -0.05) is 0 Å². The second-order valence-corrected chi connectivity index (χ2v) is 3.81. The van der Waals surface area contributed by atoms with Gasteiger partial charge in [0.15, 0.2) is 0 Å². The average Bonchev–Trinajstić information content (AvgIpc) is 2.85. The first kappa shape index (κ1) is 7.00. The number of carbonyl (C=O) groups excluding carboxylic acids is 1. The molecule has 2 aliphatic rings. The fourth-order valence-electron chi connectivity index (χ4n) is 1.85. The van der Waals surface area contributed by atoms with Gasteiger partial charge in [0.2, 0.25) is 0 Å². The molecule has 1 aliphatic carbocycles. The summed E-state index contributed by atoms with van der Waals surface area (Å²) >= 11 is 0. The molecule has 1 fully saturated rings. The van der Waals surface area contributed by atoms with Crippen LogP contribution in [0.3, 0.4) is 0 Å². The maximum atomic E-state index is 11.5. The van der Waals surface area contributed by atoms with E-state index in [1.807, 2.05) is 0 Å². The Balaban J connectivity index is 2.10. The second kappa shape index (κ2) is 2.07. The number of carbonyl (C=O) groups is 1. The van der Waals surface area contributed by atoms with Crippen LogP contribution in [0.4, 0.5) is 0 Å². The van der Waals surface area contributed by atoms with E-state index in [1.165, 1.54) is 6.33 Å². The lowest BCUT2D eigenvalue weighted by molar-refractivity contribution is 0.0912. The van der Waals surface area contributed by atoms with Gasteiger partial charge in [-0.3, -0.25) is 4.79 Å². The number of aromatic nitrogens is 2. The largest absolute Gasteiger partial charge is 0.345 e.